The Morgan fingerprint density at radius 1 is 1.30 bits per heavy atom. The van der Waals surface area contributed by atoms with Crippen LogP contribution in [0.2, 0.25) is 0 Å². The van der Waals surface area contributed by atoms with Gasteiger partial charge in [0.25, 0.3) is 0 Å². The van der Waals surface area contributed by atoms with E-state index in [-0.39, 0.29) is 5.91 Å². The van der Waals surface area contributed by atoms with Crippen molar-refractivity contribution in [2.45, 2.75) is 19.8 Å². The molecule has 0 saturated carbocycles. The minimum Gasteiger partial charge on any atom is -0.449 e. The van der Waals surface area contributed by atoms with E-state index >= 15 is 0 Å². The third kappa shape index (κ3) is 3.93. The van der Waals surface area contributed by atoms with E-state index < -0.39 is 0 Å². The van der Waals surface area contributed by atoms with Gasteiger partial charge in [-0.1, -0.05) is 12.1 Å². The van der Waals surface area contributed by atoms with Gasteiger partial charge in [-0.15, -0.1) is 0 Å². The number of anilines is 1. The number of oxazole rings is 1. The van der Waals surface area contributed by atoms with Crippen LogP contribution in [0.4, 0.5) is 5.69 Å². The molecule has 0 aliphatic heterocycles. The van der Waals surface area contributed by atoms with Crippen molar-refractivity contribution in [3.05, 3.63) is 36.4 Å². The van der Waals surface area contributed by atoms with Crippen LogP contribution >= 0.6 is 0 Å². The molecule has 1 heterocycles. The van der Waals surface area contributed by atoms with E-state index in [9.17, 15) is 4.79 Å². The maximum atomic E-state index is 11.7. The third-order valence-corrected chi connectivity index (χ3v) is 2.91. The Kier molecular flexibility index (Phi) is 4.90. The van der Waals surface area contributed by atoms with Crippen molar-refractivity contribution in [1.82, 2.24) is 10.3 Å². The summed E-state index contributed by atoms with van der Waals surface area (Å²) in [4.78, 5) is 15.9. The zero-order valence-electron chi connectivity index (χ0n) is 11.8. The summed E-state index contributed by atoms with van der Waals surface area (Å²) in [6, 6.07) is 7.58. The molecule has 0 aliphatic carbocycles. The van der Waals surface area contributed by atoms with Crippen molar-refractivity contribution in [3.8, 4) is 11.3 Å². The van der Waals surface area contributed by atoms with Gasteiger partial charge >= 0.3 is 0 Å². The summed E-state index contributed by atoms with van der Waals surface area (Å²) in [6.45, 7) is 2.65. The number of amides is 1. The molecule has 5 nitrogen and oxygen atoms in total. The second-order valence-corrected chi connectivity index (χ2v) is 4.58. The Labute approximate surface area is 118 Å². The fourth-order valence-corrected chi connectivity index (χ4v) is 1.87. The van der Waals surface area contributed by atoms with Gasteiger partial charge in [0.2, 0.25) is 5.91 Å². The third-order valence-electron chi connectivity index (χ3n) is 2.91. The zero-order chi connectivity index (χ0) is 14.4. The number of hydrogen-bond acceptors (Lipinski definition) is 4. The van der Waals surface area contributed by atoms with Crippen LogP contribution < -0.4 is 10.6 Å². The molecular formula is C15H19N3O2. The first kappa shape index (κ1) is 14.3. The molecule has 0 aliphatic rings. The highest BCUT2D eigenvalue weighted by molar-refractivity contribution is 5.90. The summed E-state index contributed by atoms with van der Waals surface area (Å²) in [5.74, 6) is 0.673. The number of benzene rings is 1. The smallest absolute Gasteiger partial charge is 0.224 e. The van der Waals surface area contributed by atoms with E-state index in [0.29, 0.717) is 12.3 Å². The van der Waals surface area contributed by atoms with E-state index in [0.717, 1.165) is 29.9 Å². The minimum atomic E-state index is 0.0327. The van der Waals surface area contributed by atoms with Crippen molar-refractivity contribution in [2.24, 2.45) is 0 Å². The molecule has 106 valence electrons. The highest BCUT2D eigenvalue weighted by Gasteiger charge is 2.05. The summed E-state index contributed by atoms with van der Waals surface area (Å²) in [5.41, 5.74) is 2.56. The molecule has 1 amide bonds. The van der Waals surface area contributed by atoms with Gasteiger partial charge in [-0.25, -0.2) is 4.98 Å². The predicted octanol–water partition coefficient (Wildman–Crippen LogP) is 2.59. The van der Waals surface area contributed by atoms with Gasteiger partial charge in [-0.05, 0) is 32.1 Å². The maximum Gasteiger partial charge on any atom is 0.224 e. The van der Waals surface area contributed by atoms with Crippen LogP contribution in [-0.2, 0) is 4.79 Å². The zero-order valence-corrected chi connectivity index (χ0v) is 11.8. The first-order valence-electron chi connectivity index (χ1n) is 6.66. The Morgan fingerprint density at radius 3 is 2.65 bits per heavy atom. The molecule has 20 heavy (non-hydrogen) atoms. The molecule has 0 atom stereocenters. The molecule has 5 heteroatoms. The Morgan fingerprint density at radius 2 is 2.05 bits per heavy atom. The van der Waals surface area contributed by atoms with E-state index in [2.05, 4.69) is 15.6 Å². The number of carbonyl (C=O) groups is 1. The number of nitrogens with one attached hydrogen (secondary N) is 2. The quantitative estimate of drug-likeness (QED) is 0.794. The normalized spacial score (nSPS) is 10.5. The van der Waals surface area contributed by atoms with E-state index in [1.54, 1.807) is 6.26 Å². The molecule has 0 fully saturated rings. The van der Waals surface area contributed by atoms with Crippen LogP contribution in [0.25, 0.3) is 11.3 Å². The average Bonchev–Trinajstić information content (AvgIpc) is 2.86. The fraction of sp³-hybridized carbons (Fsp3) is 0.333. The van der Waals surface area contributed by atoms with Crippen molar-refractivity contribution >= 4 is 11.6 Å². The van der Waals surface area contributed by atoms with E-state index in [1.807, 2.05) is 38.2 Å². The SMILES string of the molecule is CNCCCC(=O)Nc1ccc(-c2coc(C)n2)cc1. The average molecular weight is 273 g/mol. The Balaban J connectivity index is 1.93. The second kappa shape index (κ2) is 6.86. The van der Waals surface area contributed by atoms with Crippen molar-refractivity contribution in [2.75, 3.05) is 18.9 Å². The lowest BCUT2D eigenvalue weighted by molar-refractivity contribution is -0.116. The van der Waals surface area contributed by atoms with Crippen LogP contribution in [0.5, 0.6) is 0 Å². The molecule has 1 aromatic carbocycles. The largest absolute Gasteiger partial charge is 0.449 e. The van der Waals surface area contributed by atoms with Crippen molar-refractivity contribution in [3.63, 3.8) is 0 Å². The first-order chi connectivity index (χ1) is 9.69. The molecule has 0 unspecified atom stereocenters. The lowest BCUT2D eigenvalue weighted by Gasteiger charge is -2.05. The van der Waals surface area contributed by atoms with Gasteiger partial charge in [0.05, 0.1) is 0 Å². The number of rotatable bonds is 6. The van der Waals surface area contributed by atoms with E-state index in [4.69, 9.17) is 4.42 Å². The van der Waals surface area contributed by atoms with Gasteiger partial charge in [-0.3, -0.25) is 4.79 Å². The maximum absolute atomic E-state index is 11.7. The van der Waals surface area contributed by atoms with Crippen molar-refractivity contribution < 1.29 is 9.21 Å². The van der Waals surface area contributed by atoms with Gasteiger partial charge in [0.1, 0.15) is 12.0 Å². The lowest BCUT2D eigenvalue weighted by Crippen LogP contribution is -2.15. The van der Waals surface area contributed by atoms with Crippen LogP contribution in [0.15, 0.2) is 34.9 Å². The lowest BCUT2D eigenvalue weighted by atomic mass is 10.1. The first-order valence-corrected chi connectivity index (χ1v) is 6.66. The van der Waals surface area contributed by atoms with Crippen LogP contribution in [-0.4, -0.2) is 24.5 Å². The number of aryl methyl sites for hydroxylation is 1. The molecule has 0 spiro atoms. The number of nitrogens with zero attached hydrogens (tertiary/aromatic N) is 1. The molecule has 0 bridgehead atoms. The van der Waals surface area contributed by atoms with Crippen molar-refractivity contribution in [1.29, 1.82) is 0 Å². The van der Waals surface area contributed by atoms with Crippen LogP contribution in [0, 0.1) is 6.92 Å². The van der Waals surface area contributed by atoms with Gasteiger partial charge in [-0.2, -0.15) is 0 Å². The molecule has 2 N–H and O–H groups in total. The summed E-state index contributed by atoms with van der Waals surface area (Å²) < 4.78 is 5.18. The summed E-state index contributed by atoms with van der Waals surface area (Å²) in [6.07, 6.45) is 2.98. The van der Waals surface area contributed by atoms with Gasteiger partial charge in [0.15, 0.2) is 5.89 Å². The second-order valence-electron chi connectivity index (χ2n) is 4.58. The number of carbonyl (C=O) groups excluding carboxylic acids is 1. The molecule has 0 radical (unpaired) electrons. The van der Waals surface area contributed by atoms with E-state index in [1.165, 1.54) is 0 Å². The minimum absolute atomic E-state index is 0.0327. The molecule has 0 saturated heterocycles. The molecule has 1 aromatic heterocycles. The molecular weight excluding hydrogens is 254 g/mol. The number of aromatic nitrogens is 1. The number of hydrogen-bond donors (Lipinski definition) is 2. The summed E-state index contributed by atoms with van der Waals surface area (Å²) >= 11 is 0. The monoisotopic (exact) mass is 273 g/mol. The van der Waals surface area contributed by atoms with Crippen LogP contribution in [0.1, 0.15) is 18.7 Å². The Hall–Kier alpha value is -2.14. The molecule has 2 aromatic rings. The topological polar surface area (TPSA) is 67.2 Å². The summed E-state index contributed by atoms with van der Waals surface area (Å²) in [5, 5.41) is 5.89. The standard InChI is InChI=1S/C15H19N3O2/c1-11-17-14(10-20-11)12-5-7-13(8-6-12)18-15(19)4-3-9-16-2/h5-8,10,16H,3-4,9H2,1-2H3,(H,18,19). The fourth-order valence-electron chi connectivity index (χ4n) is 1.87. The highest BCUT2D eigenvalue weighted by Crippen LogP contribution is 2.20. The Bertz CT molecular complexity index is 561. The van der Waals surface area contributed by atoms with Gasteiger partial charge in [0, 0.05) is 24.6 Å². The summed E-state index contributed by atoms with van der Waals surface area (Å²) in [7, 11) is 1.88. The van der Waals surface area contributed by atoms with Crippen LogP contribution in [0.3, 0.4) is 0 Å². The molecule has 2 rings (SSSR count). The van der Waals surface area contributed by atoms with Gasteiger partial charge < -0.3 is 15.1 Å². The highest BCUT2D eigenvalue weighted by atomic mass is 16.3. The predicted molar refractivity (Wildman–Crippen MR) is 78.5 cm³/mol.